The van der Waals surface area contributed by atoms with E-state index in [1.165, 1.54) is 128 Å². The molecular weight excluding hydrogens is 904 g/mol. The number of unbranched alkanes of at least 4 members (excludes halogenated alkanes) is 31. The predicted octanol–water partition coefficient (Wildman–Crippen LogP) is 16.8. The third-order valence-corrected chi connectivity index (χ3v) is 13.5. The Balaban J connectivity index is 4.72. The molecule has 0 rings (SSSR count). The zero-order valence-corrected chi connectivity index (χ0v) is 46.1. The molecule has 0 aromatic carbocycles. The molecule has 0 aliphatic rings. The number of aliphatic hydroxyl groups excluding tert-OH is 1. The van der Waals surface area contributed by atoms with Crippen molar-refractivity contribution < 1.29 is 52.2 Å². The smallest absolute Gasteiger partial charge is 0.462 e. The molecule has 2 N–H and O–H groups in total. The summed E-state index contributed by atoms with van der Waals surface area (Å²) in [4.78, 5) is 48.4. The monoisotopic (exact) mass is 1010 g/mol. The van der Waals surface area contributed by atoms with Gasteiger partial charge in [0.1, 0.15) is 12.7 Å². The fourth-order valence-electron chi connectivity index (χ4n) is 8.13. The van der Waals surface area contributed by atoms with Crippen molar-refractivity contribution in [3.63, 3.8) is 0 Å². The van der Waals surface area contributed by atoms with Crippen molar-refractivity contribution in [2.45, 2.75) is 290 Å². The molecule has 0 aromatic rings. The molecule has 0 heterocycles. The molecule has 0 amide bonds. The second-order valence-corrected chi connectivity index (χ2v) is 20.9. The van der Waals surface area contributed by atoms with Gasteiger partial charge in [-0.15, -0.1) is 0 Å². The lowest BCUT2D eigenvalue weighted by atomic mass is 10.0. The molecule has 3 atom stereocenters. The third kappa shape index (κ3) is 50.6. The van der Waals surface area contributed by atoms with Crippen molar-refractivity contribution >= 4 is 25.7 Å². The van der Waals surface area contributed by atoms with E-state index in [4.69, 9.17) is 23.3 Å². The lowest BCUT2D eigenvalue weighted by Gasteiger charge is -2.21. The first-order chi connectivity index (χ1) is 34.2. The first kappa shape index (κ1) is 67.7. The van der Waals surface area contributed by atoms with Crippen molar-refractivity contribution in [3.8, 4) is 0 Å². The highest BCUT2D eigenvalue weighted by molar-refractivity contribution is 7.47. The van der Waals surface area contributed by atoms with Gasteiger partial charge in [0, 0.05) is 19.3 Å². The Hall–Kier alpha value is -2.30. The normalized spacial score (nSPS) is 13.6. The van der Waals surface area contributed by atoms with Crippen molar-refractivity contribution in [1.29, 1.82) is 0 Å². The molecule has 3 unspecified atom stereocenters. The van der Waals surface area contributed by atoms with Crippen LogP contribution in [0.25, 0.3) is 0 Å². The zero-order chi connectivity index (χ0) is 51.3. The average Bonchev–Trinajstić information content (AvgIpc) is 3.35. The number of rotatable bonds is 54. The van der Waals surface area contributed by atoms with E-state index in [-0.39, 0.29) is 25.9 Å². The molecule has 0 spiro atoms. The van der Waals surface area contributed by atoms with Gasteiger partial charge in [-0.25, -0.2) is 4.57 Å². The van der Waals surface area contributed by atoms with Crippen LogP contribution >= 0.6 is 7.82 Å². The molecular formula is C58H107O11P. The van der Waals surface area contributed by atoms with Crippen molar-refractivity contribution in [2.24, 2.45) is 0 Å². The van der Waals surface area contributed by atoms with Gasteiger partial charge < -0.3 is 24.2 Å². The largest absolute Gasteiger partial charge is 0.472 e. The predicted molar refractivity (Wildman–Crippen MR) is 289 cm³/mol. The highest BCUT2D eigenvalue weighted by Gasteiger charge is 2.28. The number of ether oxygens (including phenoxy) is 3. The van der Waals surface area contributed by atoms with E-state index in [1.807, 2.05) is 0 Å². The van der Waals surface area contributed by atoms with Gasteiger partial charge in [-0.3, -0.25) is 23.4 Å². The fraction of sp³-hybridized carbons (Fsp3) is 0.845. The summed E-state index contributed by atoms with van der Waals surface area (Å²) in [7, 11) is -4.74. The molecule has 0 bridgehead atoms. The maximum Gasteiger partial charge on any atom is 0.472 e. The number of aliphatic hydroxyl groups is 1. The van der Waals surface area contributed by atoms with Crippen molar-refractivity contribution in [1.82, 2.24) is 0 Å². The van der Waals surface area contributed by atoms with Gasteiger partial charge in [-0.2, -0.15) is 0 Å². The lowest BCUT2D eigenvalue weighted by molar-refractivity contribution is -0.161. The van der Waals surface area contributed by atoms with Crippen molar-refractivity contribution in [2.75, 3.05) is 26.4 Å². The van der Waals surface area contributed by atoms with Crippen LogP contribution in [-0.4, -0.2) is 66.5 Å². The minimum absolute atomic E-state index is 0.157. The van der Waals surface area contributed by atoms with Crippen LogP contribution < -0.4 is 0 Å². The fourth-order valence-corrected chi connectivity index (χ4v) is 8.91. The second kappa shape index (κ2) is 53.0. The minimum atomic E-state index is -4.74. The summed E-state index contributed by atoms with van der Waals surface area (Å²) in [6, 6.07) is 0. The number of hydrogen-bond acceptors (Lipinski definition) is 10. The Labute approximate surface area is 429 Å². The maximum atomic E-state index is 12.9. The summed E-state index contributed by atoms with van der Waals surface area (Å²) in [6.45, 7) is 4.62. The molecule has 0 radical (unpaired) electrons. The second-order valence-electron chi connectivity index (χ2n) is 19.5. The van der Waals surface area contributed by atoms with E-state index in [0.29, 0.717) is 19.3 Å². The lowest BCUT2D eigenvalue weighted by Crippen LogP contribution is -2.30. The van der Waals surface area contributed by atoms with E-state index in [2.05, 4.69) is 57.2 Å². The van der Waals surface area contributed by atoms with Crippen LogP contribution in [0, 0.1) is 0 Å². The quantitative estimate of drug-likeness (QED) is 0.0197. The Kier molecular flexibility index (Phi) is 51.3. The minimum Gasteiger partial charge on any atom is -0.462 e. The summed E-state index contributed by atoms with van der Waals surface area (Å²) in [6.07, 6.45) is 53.8. The average molecular weight is 1010 g/mol. The molecule has 0 saturated heterocycles. The number of allylic oxidation sites excluding steroid dienone is 6. The van der Waals surface area contributed by atoms with Gasteiger partial charge in [0.15, 0.2) is 6.10 Å². The van der Waals surface area contributed by atoms with Gasteiger partial charge in [0.05, 0.1) is 19.8 Å². The molecule has 0 fully saturated rings. The standard InChI is InChI=1S/C58H107O11P/c1-4-7-10-13-16-19-22-24-25-26-27-28-29-31-34-37-40-43-46-49-58(62)69-55(51-65-56(60)47-44-41-38-35-33-30-23-20-17-14-11-8-5-2)53-67-70(63,64)66-52-54(50-59)68-57(61)48-45-42-39-36-32-21-18-15-12-9-6-3/h16,19,24-25,27-28,54-55,59H,4-15,17-18,20-23,26,29-53H2,1-3H3,(H,63,64)/b19-16-,25-24-,28-27-. The Morgan fingerprint density at radius 1 is 0.400 bits per heavy atom. The van der Waals surface area contributed by atoms with Gasteiger partial charge >= 0.3 is 25.7 Å². The highest BCUT2D eigenvalue weighted by atomic mass is 31.2. The van der Waals surface area contributed by atoms with Crippen LogP contribution in [0.5, 0.6) is 0 Å². The zero-order valence-electron chi connectivity index (χ0n) is 45.2. The third-order valence-electron chi connectivity index (χ3n) is 12.6. The van der Waals surface area contributed by atoms with E-state index >= 15 is 0 Å². The molecule has 12 heteroatoms. The van der Waals surface area contributed by atoms with Crippen LogP contribution in [0.4, 0.5) is 0 Å². The van der Waals surface area contributed by atoms with Gasteiger partial charge in [0.25, 0.3) is 0 Å². The highest BCUT2D eigenvalue weighted by Crippen LogP contribution is 2.43. The summed E-state index contributed by atoms with van der Waals surface area (Å²) in [5, 5.41) is 9.79. The van der Waals surface area contributed by atoms with E-state index in [0.717, 1.165) is 89.9 Å². The van der Waals surface area contributed by atoms with E-state index in [1.54, 1.807) is 0 Å². The van der Waals surface area contributed by atoms with Gasteiger partial charge in [-0.1, -0.05) is 237 Å². The molecule has 70 heavy (non-hydrogen) atoms. The molecule has 0 aromatic heterocycles. The van der Waals surface area contributed by atoms with E-state index < -0.39 is 57.8 Å². The van der Waals surface area contributed by atoms with Crippen LogP contribution in [0.15, 0.2) is 36.5 Å². The first-order valence-corrected chi connectivity index (χ1v) is 30.4. The van der Waals surface area contributed by atoms with Crippen molar-refractivity contribution in [3.05, 3.63) is 36.5 Å². The molecule has 410 valence electrons. The van der Waals surface area contributed by atoms with Crippen LogP contribution in [-0.2, 0) is 42.2 Å². The van der Waals surface area contributed by atoms with Gasteiger partial charge in [-0.05, 0) is 57.8 Å². The summed E-state index contributed by atoms with van der Waals surface area (Å²) in [5.41, 5.74) is 0. The molecule has 0 aliphatic carbocycles. The number of carbonyl (C=O) groups is 3. The Morgan fingerprint density at radius 2 is 0.700 bits per heavy atom. The summed E-state index contributed by atoms with van der Waals surface area (Å²) < 4.78 is 39.5. The Morgan fingerprint density at radius 3 is 1.10 bits per heavy atom. The van der Waals surface area contributed by atoms with E-state index in [9.17, 15) is 28.9 Å². The van der Waals surface area contributed by atoms with Crippen LogP contribution in [0.3, 0.4) is 0 Å². The summed E-state index contributed by atoms with van der Waals surface area (Å²) >= 11 is 0. The Bertz CT molecular complexity index is 1320. The number of esters is 3. The van der Waals surface area contributed by atoms with Crippen LogP contribution in [0.1, 0.15) is 278 Å². The maximum absolute atomic E-state index is 12.9. The first-order valence-electron chi connectivity index (χ1n) is 28.9. The van der Waals surface area contributed by atoms with Crippen LogP contribution in [0.2, 0.25) is 0 Å². The molecule has 0 aliphatic heterocycles. The molecule has 11 nitrogen and oxygen atoms in total. The number of hydrogen-bond donors (Lipinski definition) is 2. The van der Waals surface area contributed by atoms with Gasteiger partial charge in [0.2, 0.25) is 0 Å². The number of phosphoric ester groups is 1. The topological polar surface area (TPSA) is 155 Å². The molecule has 0 saturated carbocycles. The summed E-state index contributed by atoms with van der Waals surface area (Å²) in [5.74, 6) is -1.46. The SMILES string of the molecule is CCCCC/C=C\C/C=C\C/C=C\CCCCCCCCC(=O)OC(COC(=O)CCCCCCCCCCCCCCC)COP(=O)(O)OCC(CO)OC(=O)CCCCCCCCCCCCC. The number of carbonyl (C=O) groups excluding carboxylic acids is 3. The number of phosphoric acid groups is 1.